The summed E-state index contributed by atoms with van der Waals surface area (Å²) >= 11 is 0. The zero-order valence-electron chi connectivity index (χ0n) is 33.7. The summed E-state index contributed by atoms with van der Waals surface area (Å²) < 4.78 is 0. The maximum absolute atomic E-state index is 9.55. The lowest BCUT2D eigenvalue weighted by atomic mass is 9.78. The molecule has 0 radical (unpaired) electrons. The molecule has 0 atom stereocenters. The van der Waals surface area contributed by atoms with Crippen molar-refractivity contribution >= 4 is 70.3 Å². The van der Waals surface area contributed by atoms with E-state index in [1.165, 1.54) is 109 Å². The summed E-state index contributed by atoms with van der Waals surface area (Å²) in [7, 11) is 0. The summed E-state index contributed by atoms with van der Waals surface area (Å²) in [4.78, 5) is 3.66. The van der Waals surface area contributed by atoms with Gasteiger partial charge in [0.05, 0.1) is 18.2 Å². The van der Waals surface area contributed by atoms with Crippen LogP contribution in [0.5, 0.6) is 0 Å². The van der Waals surface area contributed by atoms with Gasteiger partial charge in [-0.2, -0.15) is 5.26 Å². The van der Waals surface area contributed by atoms with E-state index < -0.39 is 0 Å². The fraction of sp³-hybridized carbons (Fsp3) is 0.0508. The first-order valence-electron chi connectivity index (χ1n) is 20.8. The molecule has 12 rings (SSSR count). The number of benzene rings is 11. The molecule has 282 valence electrons. The maximum Gasteiger partial charge on any atom is 0.187 e. The SMILES string of the molecule is [C-]#[N+]c1ccc(-c2c3ccccc3c(-c3cc4c5c(ccc6cc(-c7c8ccccc8c(-c8ccc(C#N)cc8)c8ccccc78)cc(c65)C4(C)C)c3)c3ccccc23)cc1. The summed E-state index contributed by atoms with van der Waals surface area (Å²) in [6.45, 7) is 12.3. The Balaban J connectivity index is 1.08. The fourth-order valence-corrected chi connectivity index (χ4v) is 10.7. The molecule has 1 aliphatic rings. The van der Waals surface area contributed by atoms with E-state index in [-0.39, 0.29) is 5.41 Å². The first-order chi connectivity index (χ1) is 29.9. The second-order valence-electron chi connectivity index (χ2n) is 17.0. The van der Waals surface area contributed by atoms with Gasteiger partial charge in [0, 0.05) is 5.41 Å². The number of hydrogen-bond donors (Lipinski definition) is 0. The van der Waals surface area contributed by atoms with Crippen LogP contribution in [0.3, 0.4) is 0 Å². The number of nitriles is 1. The molecule has 61 heavy (non-hydrogen) atoms. The van der Waals surface area contributed by atoms with Crippen LogP contribution in [0.25, 0.3) is 114 Å². The molecule has 0 N–H and O–H groups in total. The quantitative estimate of drug-likeness (QED) is 0.0995. The third-order valence-electron chi connectivity index (χ3n) is 13.4. The Bertz CT molecular complexity index is 3420. The smallest absolute Gasteiger partial charge is 0.187 e. The molecule has 11 aromatic rings. The summed E-state index contributed by atoms with van der Waals surface area (Å²) in [5.74, 6) is 0. The zero-order chi connectivity index (χ0) is 41.0. The topological polar surface area (TPSA) is 28.1 Å². The molecule has 0 saturated carbocycles. The molecular weight excluding hydrogens is 737 g/mol. The molecule has 11 aromatic carbocycles. The number of fused-ring (bicyclic) bond motifs is 4. The second kappa shape index (κ2) is 13.0. The molecule has 0 amide bonds. The van der Waals surface area contributed by atoms with Crippen LogP contribution >= 0.6 is 0 Å². The van der Waals surface area contributed by atoms with E-state index in [1.807, 2.05) is 24.3 Å². The first kappa shape index (κ1) is 35.0. The van der Waals surface area contributed by atoms with Gasteiger partial charge < -0.3 is 0 Å². The summed E-state index contributed by atoms with van der Waals surface area (Å²) in [6, 6.07) is 68.0. The number of rotatable bonds is 4. The van der Waals surface area contributed by atoms with Crippen molar-refractivity contribution in [2.24, 2.45) is 0 Å². The molecule has 1 aliphatic carbocycles. The Morgan fingerprint density at radius 1 is 0.410 bits per heavy atom. The molecule has 2 nitrogen and oxygen atoms in total. The van der Waals surface area contributed by atoms with Crippen LogP contribution < -0.4 is 0 Å². The van der Waals surface area contributed by atoms with E-state index in [1.54, 1.807) is 0 Å². The van der Waals surface area contributed by atoms with Crippen LogP contribution in [0.4, 0.5) is 5.69 Å². The molecule has 0 aromatic heterocycles. The minimum Gasteiger partial charge on any atom is -0.238 e. The highest BCUT2D eigenvalue weighted by atomic mass is 14.6. The number of nitrogens with zero attached hydrogens (tertiary/aromatic N) is 2. The minimum absolute atomic E-state index is 0.267. The molecule has 0 saturated heterocycles. The molecule has 0 spiro atoms. The Morgan fingerprint density at radius 3 is 1.07 bits per heavy atom. The van der Waals surface area contributed by atoms with Gasteiger partial charge in [-0.3, -0.25) is 0 Å². The van der Waals surface area contributed by atoms with Crippen molar-refractivity contribution in [3.05, 3.63) is 210 Å². The van der Waals surface area contributed by atoms with Crippen molar-refractivity contribution in [3.8, 4) is 50.6 Å². The highest BCUT2D eigenvalue weighted by Crippen LogP contribution is 2.54. The average molecular weight is 773 g/mol. The third kappa shape index (κ3) is 5.01. The second-order valence-corrected chi connectivity index (χ2v) is 17.0. The zero-order valence-corrected chi connectivity index (χ0v) is 33.7. The van der Waals surface area contributed by atoms with Crippen molar-refractivity contribution in [1.82, 2.24) is 0 Å². The first-order valence-corrected chi connectivity index (χ1v) is 20.8. The predicted octanol–water partition coefficient (Wildman–Crippen LogP) is 16.3. The van der Waals surface area contributed by atoms with Gasteiger partial charge in [0.25, 0.3) is 0 Å². The van der Waals surface area contributed by atoms with Crippen molar-refractivity contribution in [2.75, 3.05) is 0 Å². The van der Waals surface area contributed by atoms with E-state index in [0.717, 1.165) is 11.1 Å². The normalized spacial score (nSPS) is 12.9. The van der Waals surface area contributed by atoms with E-state index >= 15 is 0 Å². The van der Waals surface area contributed by atoms with Crippen LogP contribution in [0, 0.1) is 17.9 Å². The molecular formula is C59H36N2. The van der Waals surface area contributed by atoms with Gasteiger partial charge >= 0.3 is 0 Å². The van der Waals surface area contributed by atoms with E-state index in [2.05, 4.69) is 182 Å². The van der Waals surface area contributed by atoms with E-state index in [9.17, 15) is 5.26 Å². The molecule has 0 heterocycles. The van der Waals surface area contributed by atoms with Gasteiger partial charge in [0.2, 0.25) is 0 Å². The number of hydrogen-bond acceptors (Lipinski definition) is 1. The highest BCUT2D eigenvalue weighted by Gasteiger charge is 2.35. The summed E-state index contributed by atoms with van der Waals surface area (Å²) in [5.41, 5.74) is 13.3. The lowest BCUT2D eigenvalue weighted by Crippen LogP contribution is -2.15. The van der Waals surface area contributed by atoms with Gasteiger partial charge in [-0.05, 0) is 157 Å². The van der Waals surface area contributed by atoms with Crippen molar-refractivity contribution < 1.29 is 0 Å². The standard InChI is InChI=1S/C59H36N2/c1-59(2)51-32-40(55-47-16-8-4-12-43(47)53(44-13-5-9-17-48(44)55)36-22-20-35(34-60)21-23-36)30-38-24-25-39-31-41(33-52(59)58(39)57(38)51)56-49-18-10-6-14-45(49)54(46-15-7-11-19-50(46)56)37-26-28-42(61-3)29-27-37/h4-33H,1-2H3. The fourth-order valence-electron chi connectivity index (χ4n) is 10.7. The lowest BCUT2D eigenvalue weighted by Gasteiger charge is -2.24. The third-order valence-corrected chi connectivity index (χ3v) is 13.4. The van der Waals surface area contributed by atoms with Crippen molar-refractivity contribution in [1.29, 1.82) is 5.26 Å². The Morgan fingerprint density at radius 2 is 0.738 bits per heavy atom. The molecule has 0 fully saturated rings. The van der Waals surface area contributed by atoms with Gasteiger partial charge in [0.1, 0.15) is 0 Å². The van der Waals surface area contributed by atoms with E-state index in [4.69, 9.17) is 6.57 Å². The van der Waals surface area contributed by atoms with Crippen molar-refractivity contribution in [3.63, 3.8) is 0 Å². The van der Waals surface area contributed by atoms with Crippen LogP contribution in [-0.4, -0.2) is 0 Å². The largest absolute Gasteiger partial charge is 0.238 e. The van der Waals surface area contributed by atoms with Gasteiger partial charge in [0.15, 0.2) is 5.69 Å². The molecule has 0 bridgehead atoms. The maximum atomic E-state index is 9.55. The lowest BCUT2D eigenvalue weighted by molar-refractivity contribution is 0.663. The van der Waals surface area contributed by atoms with Gasteiger partial charge in [-0.25, -0.2) is 4.85 Å². The van der Waals surface area contributed by atoms with Crippen LogP contribution in [0.15, 0.2) is 182 Å². The van der Waals surface area contributed by atoms with Crippen molar-refractivity contribution in [2.45, 2.75) is 19.3 Å². The summed E-state index contributed by atoms with van der Waals surface area (Å²) in [5, 5.41) is 24.4. The summed E-state index contributed by atoms with van der Waals surface area (Å²) in [6.07, 6.45) is 0. The van der Waals surface area contributed by atoms with Crippen LogP contribution in [0.2, 0.25) is 0 Å². The highest BCUT2D eigenvalue weighted by molar-refractivity contribution is 6.25. The average Bonchev–Trinajstić information content (AvgIpc) is 3.54. The Hall–Kier alpha value is -8.04. The van der Waals surface area contributed by atoms with Gasteiger partial charge in [-0.1, -0.05) is 159 Å². The predicted molar refractivity (Wildman–Crippen MR) is 256 cm³/mol. The molecule has 2 heteroatoms. The Labute approximate surface area is 354 Å². The Kier molecular flexibility index (Phi) is 7.44. The molecule has 0 unspecified atom stereocenters. The van der Waals surface area contributed by atoms with Crippen LogP contribution in [-0.2, 0) is 5.41 Å². The van der Waals surface area contributed by atoms with Crippen LogP contribution in [0.1, 0.15) is 30.5 Å². The molecule has 0 aliphatic heterocycles. The monoisotopic (exact) mass is 772 g/mol. The van der Waals surface area contributed by atoms with E-state index in [0.29, 0.717) is 11.3 Å². The van der Waals surface area contributed by atoms with Gasteiger partial charge in [-0.15, -0.1) is 0 Å². The minimum atomic E-state index is -0.267.